The van der Waals surface area contributed by atoms with Gasteiger partial charge in [-0.2, -0.15) is 0 Å². The van der Waals surface area contributed by atoms with E-state index in [1.54, 1.807) is 19.2 Å². The molecule has 18 heavy (non-hydrogen) atoms. The third kappa shape index (κ3) is 3.70. The highest BCUT2D eigenvalue weighted by molar-refractivity contribution is 5.37. The van der Waals surface area contributed by atoms with Gasteiger partial charge in [-0.1, -0.05) is 27.7 Å². The molecule has 1 aromatic rings. The molecule has 0 bridgehead atoms. The molecule has 1 N–H and O–H groups in total. The van der Waals surface area contributed by atoms with Gasteiger partial charge in [0.15, 0.2) is 0 Å². The SMILES string of the molecule is CCCNC(c1cc(F)ccc1OC)C(C)(C)C. The fourth-order valence-electron chi connectivity index (χ4n) is 2.10. The number of hydrogen-bond acceptors (Lipinski definition) is 2. The predicted octanol–water partition coefficient (Wildman–Crippen LogP) is 3.92. The molecular formula is C15H24FNO. The van der Waals surface area contributed by atoms with Gasteiger partial charge in [0.2, 0.25) is 0 Å². The van der Waals surface area contributed by atoms with Crippen LogP contribution in [0.15, 0.2) is 18.2 Å². The molecule has 0 saturated heterocycles. The minimum Gasteiger partial charge on any atom is -0.496 e. The maximum atomic E-state index is 13.5. The molecule has 0 aliphatic rings. The Bertz CT molecular complexity index is 385. The summed E-state index contributed by atoms with van der Waals surface area (Å²) in [5.41, 5.74) is 0.884. The van der Waals surface area contributed by atoms with Crippen LogP contribution in [0, 0.1) is 11.2 Å². The average Bonchev–Trinajstić information content (AvgIpc) is 2.28. The van der Waals surface area contributed by atoms with Crippen molar-refractivity contribution in [3.05, 3.63) is 29.6 Å². The van der Waals surface area contributed by atoms with Gasteiger partial charge in [0.05, 0.1) is 7.11 Å². The topological polar surface area (TPSA) is 21.3 Å². The van der Waals surface area contributed by atoms with Crippen LogP contribution in [0.25, 0.3) is 0 Å². The van der Waals surface area contributed by atoms with Gasteiger partial charge < -0.3 is 10.1 Å². The zero-order valence-corrected chi connectivity index (χ0v) is 12.0. The van der Waals surface area contributed by atoms with Crippen molar-refractivity contribution in [2.45, 2.75) is 40.2 Å². The number of benzene rings is 1. The van der Waals surface area contributed by atoms with Crippen molar-refractivity contribution in [2.24, 2.45) is 5.41 Å². The molecule has 0 spiro atoms. The highest BCUT2D eigenvalue weighted by atomic mass is 19.1. The van der Waals surface area contributed by atoms with E-state index >= 15 is 0 Å². The van der Waals surface area contributed by atoms with Crippen LogP contribution in [0.2, 0.25) is 0 Å². The first-order chi connectivity index (χ1) is 8.40. The van der Waals surface area contributed by atoms with Crippen molar-refractivity contribution in [1.29, 1.82) is 0 Å². The molecule has 0 radical (unpaired) electrons. The van der Waals surface area contributed by atoms with Crippen LogP contribution >= 0.6 is 0 Å². The molecule has 1 rings (SSSR count). The summed E-state index contributed by atoms with van der Waals surface area (Å²) in [5, 5.41) is 3.48. The molecule has 0 saturated carbocycles. The number of methoxy groups -OCH3 is 1. The van der Waals surface area contributed by atoms with Crippen LogP contribution < -0.4 is 10.1 Å². The van der Waals surface area contributed by atoms with Gasteiger partial charge in [-0.05, 0) is 36.6 Å². The maximum Gasteiger partial charge on any atom is 0.123 e. The number of rotatable bonds is 5. The second-order valence-electron chi connectivity index (χ2n) is 5.64. The molecule has 0 aliphatic carbocycles. The smallest absolute Gasteiger partial charge is 0.123 e. The van der Waals surface area contributed by atoms with E-state index in [2.05, 4.69) is 33.0 Å². The van der Waals surface area contributed by atoms with Gasteiger partial charge in [-0.15, -0.1) is 0 Å². The molecule has 1 unspecified atom stereocenters. The fourth-order valence-corrected chi connectivity index (χ4v) is 2.10. The highest BCUT2D eigenvalue weighted by Gasteiger charge is 2.28. The summed E-state index contributed by atoms with van der Waals surface area (Å²) in [5.74, 6) is 0.512. The number of halogens is 1. The van der Waals surface area contributed by atoms with Crippen molar-refractivity contribution >= 4 is 0 Å². The van der Waals surface area contributed by atoms with Gasteiger partial charge in [0.25, 0.3) is 0 Å². The molecular weight excluding hydrogens is 229 g/mol. The van der Waals surface area contributed by atoms with Crippen molar-refractivity contribution in [3.63, 3.8) is 0 Å². The van der Waals surface area contributed by atoms with Gasteiger partial charge in [0.1, 0.15) is 11.6 Å². The largest absolute Gasteiger partial charge is 0.496 e. The van der Waals surface area contributed by atoms with Crippen LogP contribution in [0.5, 0.6) is 5.75 Å². The van der Waals surface area contributed by atoms with Crippen LogP contribution in [0.3, 0.4) is 0 Å². The number of ether oxygens (including phenoxy) is 1. The lowest BCUT2D eigenvalue weighted by atomic mass is 9.82. The monoisotopic (exact) mass is 253 g/mol. The van der Waals surface area contributed by atoms with E-state index < -0.39 is 0 Å². The fraction of sp³-hybridized carbons (Fsp3) is 0.600. The first-order valence-electron chi connectivity index (χ1n) is 6.47. The Kier molecular flexibility index (Phi) is 5.15. The Morgan fingerprint density at radius 1 is 1.33 bits per heavy atom. The molecule has 102 valence electrons. The quantitative estimate of drug-likeness (QED) is 0.858. The van der Waals surface area contributed by atoms with E-state index in [1.165, 1.54) is 6.07 Å². The Balaban J connectivity index is 3.15. The lowest BCUT2D eigenvalue weighted by Gasteiger charge is -2.33. The molecule has 0 fully saturated rings. The number of nitrogens with one attached hydrogen (secondary N) is 1. The lowest BCUT2D eigenvalue weighted by Crippen LogP contribution is -2.33. The minimum atomic E-state index is -0.224. The summed E-state index contributed by atoms with van der Waals surface area (Å²) in [6, 6.07) is 4.76. The summed E-state index contributed by atoms with van der Waals surface area (Å²) in [6.45, 7) is 9.46. The minimum absolute atomic E-state index is 0.00373. The van der Waals surface area contributed by atoms with Crippen LogP contribution in [-0.2, 0) is 0 Å². The molecule has 0 amide bonds. The van der Waals surface area contributed by atoms with E-state index in [-0.39, 0.29) is 17.3 Å². The standard InChI is InChI=1S/C15H24FNO/c1-6-9-17-14(15(2,3)4)12-10-11(16)7-8-13(12)18-5/h7-8,10,14,17H,6,9H2,1-5H3. The maximum absolute atomic E-state index is 13.5. The van der Waals surface area contributed by atoms with E-state index in [0.717, 1.165) is 24.3 Å². The zero-order chi connectivity index (χ0) is 13.8. The third-order valence-electron chi connectivity index (χ3n) is 2.97. The van der Waals surface area contributed by atoms with Crippen molar-refractivity contribution < 1.29 is 9.13 Å². The Morgan fingerprint density at radius 2 is 2.00 bits per heavy atom. The highest BCUT2D eigenvalue weighted by Crippen LogP contribution is 2.37. The molecule has 2 nitrogen and oxygen atoms in total. The Morgan fingerprint density at radius 3 is 2.50 bits per heavy atom. The van der Waals surface area contributed by atoms with E-state index in [4.69, 9.17) is 4.74 Å². The summed E-state index contributed by atoms with van der Waals surface area (Å²) in [6.07, 6.45) is 1.05. The molecule has 0 aromatic heterocycles. The Hall–Kier alpha value is -1.09. The number of hydrogen-bond donors (Lipinski definition) is 1. The average molecular weight is 253 g/mol. The normalized spacial score (nSPS) is 13.4. The second-order valence-corrected chi connectivity index (χ2v) is 5.64. The summed E-state index contributed by atoms with van der Waals surface area (Å²) in [4.78, 5) is 0. The van der Waals surface area contributed by atoms with Crippen molar-refractivity contribution in [1.82, 2.24) is 5.32 Å². The van der Waals surface area contributed by atoms with Crippen LogP contribution in [0.1, 0.15) is 45.7 Å². The van der Waals surface area contributed by atoms with Crippen molar-refractivity contribution in [2.75, 3.05) is 13.7 Å². The third-order valence-corrected chi connectivity index (χ3v) is 2.97. The van der Waals surface area contributed by atoms with Gasteiger partial charge in [-0.25, -0.2) is 4.39 Å². The molecule has 0 heterocycles. The van der Waals surface area contributed by atoms with Crippen LogP contribution in [-0.4, -0.2) is 13.7 Å². The van der Waals surface area contributed by atoms with E-state index in [1.807, 2.05) is 0 Å². The zero-order valence-electron chi connectivity index (χ0n) is 12.0. The first kappa shape index (κ1) is 15.0. The summed E-state index contributed by atoms with van der Waals surface area (Å²) in [7, 11) is 1.62. The molecule has 1 aromatic carbocycles. The van der Waals surface area contributed by atoms with Gasteiger partial charge in [0, 0.05) is 11.6 Å². The first-order valence-corrected chi connectivity index (χ1v) is 6.47. The predicted molar refractivity (Wildman–Crippen MR) is 73.4 cm³/mol. The van der Waals surface area contributed by atoms with Crippen LogP contribution in [0.4, 0.5) is 4.39 Å². The van der Waals surface area contributed by atoms with E-state index in [0.29, 0.717) is 0 Å². The molecule has 3 heteroatoms. The Labute approximate surface area is 110 Å². The summed E-state index contributed by atoms with van der Waals surface area (Å²) < 4.78 is 18.8. The molecule has 1 atom stereocenters. The van der Waals surface area contributed by atoms with Gasteiger partial charge in [-0.3, -0.25) is 0 Å². The van der Waals surface area contributed by atoms with Gasteiger partial charge >= 0.3 is 0 Å². The lowest BCUT2D eigenvalue weighted by molar-refractivity contribution is 0.264. The molecule has 0 aliphatic heterocycles. The second kappa shape index (κ2) is 6.19. The van der Waals surface area contributed by atoms with E-state index in [9.17, 15) is 4.39 Å². The van der Waals surface area contributed by atoms with Crippen molar-refractivity contribution in [3.8, 4) is 5.75 Å². The summed E-state index contributed by atoms with van der Waals surface area (Å²) >= 11 is 0.